The van der Waals surface area contributed by atoms with Gasteiger partial charge in [-0.1, -0.05) is 43.2 Å². The molecule has 154 valence electrons. The van der Waals surface area contributed by atoms with Crippen LogP contribution in [0.4, 0.5) is 4.39 Å². The highest BCUT2D eigenvalue weighted by Gasteiger charge is 2.28. The molecule has 2 aromatic carbocycles. The van der Waals surface area contributed by atoms with Crippen molar-refractivity contribution in [3.8, 4) is 0 Å². The molecule has 0 aromatic heterocycles. The highest BCUT2D eigenvalue weighted by Crippen LogP contribution is 2.21. The molecule has 1 aliphatic rings. The fourth-order valence-corrected chi connectivity index (χ4v) is 4.31. The van der Waals surface area contributed by atoms with E-state index >= 15 is 0 Å². The highest BCUT2D eigenvalue weighted by molar-refractivity contribution is 8.00. The largest absolute Gasteiger partial charge is 0.352 e. The van der Waals surface area contributed by atoms with Gasteiger partial charge in [0.1, 0.15) is 11.9 Å². The van der Waals surface area contributed by atoms with Crippen molar-refractivity contribution in [2.75, 3.05) is 5.75 Å². The molecule has 1 aliphatic carbocycles. The summed E-state index contributed by atoms with van der Waals surface area (Å²) in [5.74, 6) is -0.320. The Morgan fingerprint density at radius 1 is 1.10 bits per heavy atom. The second-order valence-corrected chi connectivity index (χ2v) is 8.46. The number of rotatable bonds is 8. The van der Waals surface area contributed by atoms with Crippen molar-refractivity contribution in [1.82, 2.24) is 10.2 Å². The number of hydrogen-bond donors (Lipinski definition) is 1. The van der Waals surface area contributed by atoms with E-state index in [0.717, 1.165) is 36.1 Å². The maximum atomic E-state index is 13.3. The first kappa shape index (κ1) is 21.4. The van der Waals surface area contributed by atoms with Gasteiger partial charge in [0.25, 0.3) is 0 Å². The van der Waals surface area contributed by atoms with Gasteiger partial charge in [-0.05, 0) is 49.6 Å². The quantitative estimate of drug-likeness (QED) is 0.652. The average Bonchev–Trinajstić information content (AvgIpc) is 3.25. The molecule has 2 amide bonds. The maximum absolute atomic E-state index is 13.3. The Labute approximate surface area is 175 Å². The third-order valence-corrected chi connectivity index (χ3v) is 6.24. The summed E-state index contributed by atoms with van der Waals surface area (Å²) in [5, 5.41) is 3.08. The van der Waals surface area contributed by atoms with Crippen LogP contribution in [-0.4, -0.2) is 34.6 Å². The van der Waals surface area contributed by atoms with Crippen LogP contribution in [0.2, 0.25) is 0 Å². The first-order valence-corrected chi connectivity index (χ1v) is 11.0. The molecule has 6 heteroatoms. The second kappa shape index (κ2) is 10.4. The monoisotopic (exact) mass is 414 g/mol. The van der Waals surface area contributed by atoms with E-state index < -0.39 is 6.04 Å². The van der Waals surface area contributed by atoms with E-state index in [4.69, 9.17) is 0 Å². The lowest BCUT2D eigenvalue weighted by Crippen LogP contribution is -2.50. The Morgan fingerprint density at radius 3 is 2.41 bits per heavy atom. The normalized spacial score (nSPS) is 15.1. The van der Waals surface area contributed by atoms with Crippen molar-refractivity contribution in [2.24, 2.45) is 0 Å². The summed E-state index contributed by atoms with van der Waals surface area (Å²) >= 11 is 1.45. The minimum atomic E-state index is -0.593. The van der Waals surface area contributed by atoms with Crippen LogP contribution < -0.4 is 5.32 Å². The average molecular weight is 415 g/mol. The zero-order valence-electron chi connectivity index (χ0n) is 16.6. The van der Waals surface area contributed by atoms with Crippen molar-refractivity contribution in [1.29, 1.82) is 0 Å². The van der Waals surface area contributed by atoms with Crippen LogP contribution >= 0.6 is 11.8 Å². The first-order chi connectivity index (χ1) is 14.0. The van der Waals surface area contributed by atoms with Crippen LogP contribution in [-0.2, 0) is 16.1 Å². The lowest BCUT2D eigenvalue weighted by molar-refractivity contribution is -0.138. The fourth-order valence-electron chi connectivity index (χ4n) is 3.51. The Hall–Kier alpha value is -2.34. The first-order valence-electron chi connectivity index (χ1n) is 10.0. The summed E-state index contributed by atoms with van der Waals surface area (Å²) in [4.78, 5) is 28.4. The summed E-state index contributed by atoms with van der Waals surface area (Å²) in [6.07, 6.45) is 4.25. The number of carbonyl (C=O) groups excluding carboxylic acids is 2. The zero-order chi connectivity index (χ0) is 20.6. The minimum Gasteiger partial charge on any atom is -0.352 e. The van der Waals surface area contributed by atoms with Crippen molar-refractivity contribution in [3.63, 3.8) is 0 Å². The Morgan fingerprint density at radius 2 is 1.76 bits per heavy atom. The molecule has 0 spiro atoms. The topological polar surface area (TPSA) is 49.4 Å². The van der Waals surface area contributed by atoms with Gasteiger partial charge in [-0.2, -0.15) is 0 Å². The summed E-state index contributed by atoms with van der Waals surface area (Å²) in [7, 11) is 0. The number of carbonyl (C=O) groups is 2. The molecule has 1 fully saturated rings. The van der Waals surface area contributed by atoms with Gasteiger partial charge >= 0.3 is 0 Å². The summed E-state index contributed by atoms with van der Waals surface area (Å²) in [5.41, 5.74) is 0.796. The number of hydrogen-bond acceptors (Lipinski definition) is 3. The molecule has 4 nitrogen and oxygen atoms in total. The highest BCUT2D eigenvalue weighted by atomic mass is 32.2. The molecular formula is C23H27FN2O2S. The Bertz CT molecular complexity index is 807. The van der Waals surface area contributed by atoms with Crippen molar-refractivity contribution in [2.45, 2.75) is 56.1 Å². The third kappa shape index (κ3) is 6.32. The van der Waals surface area contributed by atoms with Crippen LogP contribution in [0.15, 0.2) is 59.5 Å². The minimum absolute atomic E-state index is 0.114. The van der Waals surface area contributed by atoms with Gasteiger partial charge in [-0.15, -0.1) is 11.8 Å². The fraction of sp³-hybridized carbons (Fsp3) is 0.391. The number of thioether (sulfide) groups is 1. The van der Waals surface area contributed by atoms with Crippen LogP contribution in [0.1, 0.15) is 38.2 Å². The van der Waals surface area contributed by atoms with Crippen molar-refractivity contribution >= 4 is 23.6 Å². The molecule has 1 unspecified atom stereocenters. The summed E-state index contributed by atoms with van der Waals surface area (Å²) in [6.45, 7) is 2.03. The van der Waals surface area contributed by atoms with E-state index in [1.165, 1.54) is 23.9 Å². The van der Waals surface area contributed by atoms with Gasteiger partial charge in [0.05, 0.1) is 5.75 Å². The van der Waals surface area contributed by atoms with Gasteiger partial charge in [-0.3, -0.25) is 9.59 Å². The lowest BCUT2D eigenvalue weighted by Gasteiger charge is -2.29. The number of nitrogens with one attached hydrogen (secondary N) is 1. The van der Waals surface area contributed by atoms with E-state index in [0.29, 0.717) is 0 Å². The Balaban J connectivity index is 1.69. The molecule has 29 heavy (non-hydrogen) atoms. The number of halogens is 1. The molecule has 1 N–H and O–H groups in total. The molecule has 0 aliphatic heterocycles. The molecule has 3 rings (SSSR count). The number of benzene rings is 2. The van der Waals surface area contributed by atoms with Crippen LogP contribution in [0.25, 0.3) is 0 Å². The molecule has 1 saturated carbocycles. The summed E-state index contributed by atoms with van der Waals surface area (Å²) in [6, 6.07) is 15.4. The predicted octanol–water partition coefficient (Wildman–Crippen LogP) is 4.39. The third-order valence-electron chi connectivity index (χ3n) is 5.24. The van der Waals surface area contributed by atoms with Crippen molar-refractivity contribution in [3.05, 3.63) is 66.0 Å². The second-order valence-electron chi connectivity index (χ2n) is 7.42. The standard InChI is InChI=1S/C23H27FN2O2S/c1-17(23(28)25-20-7-5-6-8-20)26(15-18-11-13-19(24)14-12-18)22(27)16-29-21-9-3-2-4-10-21/h2-4,9-14,17,20H,5-8,15-16H2,1H3,(H,25,28). The van der Waals surface area contributed by atoms with E-state index in [9.17, 15) is 14.0 Å². The van der Waals surface area contributed by atoms with E-state index in [1.54, 1.807) is 24.0 Å². The molecule has 0 heterocycles. The van der Waals surface area contributed by atoms with E-state index in [-0.39, 0.29) is 36.0 Å². The van der Waals surface area contributed by atoms with Crippen LogP contribution in [0.5, 0.6) is 0 Å². The maximum Gasteiger partial charge on any atom is 0.242 e. The zero-order valence-corrected chi connectivity index (χ0v) is 17.5. The van der Waals surface area contributed by atoms with Gasteiger partial charge < -0.3 is 10.2 Å². The van der Waals surface area contributed by atoms with Gasteiger partial charge in [0.2, 0.25) is 11.8 Å². The molecule has 0 saturated heterocycles. The van der Waals surface area contributed by atoms with Gasteiger partial charge in [0, 0.05) is 17.5 Å². The van der Waals surface area contributed by atoms with E-state index in [1.807, 2.05) is 30.3 Å². The van der Waals surface area contributed by atoms with Crippen LogP contribution in [0.3, 0.4) is 0 Å². The molecular weight excluding hydrogens is 387 g/mol. The van der Waals surface area contributed by atoms with Crippen molar-refractivity contribution < 1.29 is 14.0 Å². The molecule has 1 atom stereocenters. The lowest BCUT2D eigenvalue weighted by atomic mass is 10.1. The molecule has 0 radical (unpaired) electrons. The SMILES string of the molecule is CC(C(=O)NC1CCCC1)N(Cc1ccc(F)cc1)C(=O)CSc1ccccc1. The number of nitrogens with zero attached hydrogens (tertiary/aromatic N) is 1. The molecule has 2 aromatic rings. The summed E-state index contributed by atoms with van der Waals surface area (Å²) < 4.78 is 13.3. The Kier molecular flexibility index (Phi) is 7.69. The van der Waals surface area contributed by atoms with Gasteiger partial charge in [0.15, 0.2) is 0 Å². The van der Waals surface area contributed by atoms with E-state index in [2.05, 4.69) is 5.32 Å². The predicted molar refractivity (Wildman–Crippen MR) is 114 cm³/mol. The number of amides is 2. The van der Waals surface area contributed by atoms with Crippen LogP contribution in [0, 0.1) is 5.82 Å². The molecule has 0 bridgehead atoms. The smallest absolute Gasteiger partial charge is 0.242 e. The van der Waals surface area contributed by atoms with Gasteiger partial charge in [-0.25, -0.2) is 4.39 Å².